The minimum Gasteiger partial charge on any atom is -0.316 e. The zero-order valence-corrected chi connectivity index (χ0v) is 17.4. The molecule has 31 heavy (non-hydrogen) atoms. The standard InChI is InChI=1S/C22H24F2N6O/c1-12-8-29(11-20(23)24)10-19(12)30-9-15-6-16-18(7-17(15)26-22(30)31)27-28-21(16)14-3-4-25-13(2)5-14/h3-7,12,19-20H,8-11H2,1-2H3,(H,26,31)(H,27,28)/t12-,19-/m1/s1. The number of alkyl halides is 2. The molecule has 3 aromatic rings. The van der Waals surface area contributed by atoms with Crippen LogP contribution in [-0.4, -0.2) is 63.1 Å². The maximum absolute atomic E-state index is 12.8. The van der Waals surface area contributed by atoms with Crippen molar-refractivity contribution >= 4 is 22.6 Å². The van der Waals surface area contributed by atoms with Gasteiger partial charge in [-0.2, -0.15) is 5.10 Å². The number of hydrogen-bond acceptors (Lipinski definition) is 4. The Bertz CT molecular complexity index is 1150. The summed E-state index contributed by atoms with van der Waals surface area (Å²) in [7, 11) is 0. The van der Waals surface area contributed by atoms with Crippen LogP contribution in [0.5, 0.6) is 0 Å². The molecule has 2 aliphatic rings. The lowest BCUT2D eigenvalue weighted by atomic mass is 10.00. The fourth-order valence-corrected chi connectivity index (χ4v) is 4.78. The summed E-state index contributed by atoms with van der Waals surface area (Å²) >= 11 is 0. The van der Waals surface area contributed by atoms with Crippen molar-refractivity contribution < 1.29 is 13.6 Å². The van der Waals surface area contributed by atoms with Gasteiger partial charge in [-0.3, -0.25) is 15.0 Å². The van der Waals surface area contributed by atoms with E-state index in [0.29, 0.717) is 19.6 Å². The molecule has 2 atom stereocenters. The van der Waals surface area contributed by atoms with Crippen LogP contribution in [0.2, 0.25) is 0 Å². The van der Waals surface area contributed by atoms with E-state index in [1.54, 1.807) is 16.0 Å². The predicted molar refractivity (Wildman–Crippen MR) is 114 cm³/mol. The molecule has 9 heteroatoms. The number of urea groups is 1. The van der Waals surface area contributed by atoms with Crippen molar-refractivity contribution in [3.8, 4) is 11.3 Å². The Kier molecular flexibility index (Phi) is 4.85. The van der Waals surface area contributed by atoms with E-state index in [1.165, 1.54) is 0 Å². The highest BCUT2D eigenvalue weighted by Gasteiger charge is 2.39. The molecule has 2 amide bonds. The largest absolute Gasteiger partial charge is 0.322 e. The first-order valence-electron chi connectivity index (χ1n) is 10.4. The van der Waals surface area contributed by atoms with Gasteiger partial charge in [-0.1, -0.05) is 6.92 Å². The number of anilines is 1. The van der Waals surface area contributed by atoms with Gasteiger partial charge in [0.1, 0.15) is 5.69 Å². The molecule has 0 saturated carbocycles. The number of benzene rings is 1. The molecule has 7 nitrogen and oxygen atoms in total. The van der Waals surface area contributed by atoms with Crippen molar-refractivity contribution in [2.75, 3.05) is 25.0 Å². The van der Waals surface area contributed by atoms with E-state index in [9.17, 15) is 13.6 Å². The van der Waals surface area contributed by atoms with Gasteiger partial charge in [-0.25, -0.2) is 13.6 Å². The lowest BCUT2D eigenvalue weighted by Crippen LogP contribution is -2.48. The fourth-order valence-electron chi connectivity index (χ4n) is 4.78. The van der Waals surface area contributed by atoms with Gasteiger partial charge >= 0.3 is 6.03 Å². The number of fused-ring (bicyclic) bond motifs is 2. The summed E-state index contributed by atoms with van der Waals surface area (Å²) in [5.74, 6) is 0.124. The minimum absolute atomic E-state index is 0.103. The van der Waals surface area contributed by atoms with E-state index in [1.807, 2.05) is 32.0 Å². The summed E-state index contributed by atoms with van der Waals surface area (Å²) in [6, 6.07) is 7.59. The average Bonchev–Trinajstić information content (AvgIpc) is 3.28. The van der Waals surface area contributed by atoms with Gasteiger partial charge in [0.25, 0.3) is 6.43 Å². The van der Waals surface area contributed by atoms with Crippen LogP contribution < -0.4 is 5.32 Å². The molecule has 2 aromatic heterocycles. The molecule has 0 aliphatic carbocycles. The molecule has 4 heterocycles. The number of likely N-dealkylation sites (tertiary alicyclic amines) is 1. The van der Waals surface area contributed by atoms with Gasteiger partial charge in [0.15, 0.2) is 0 Å². The van der Waals surface area contributed by atoms with Gasteiger partial charge in [0.05, 0.1) is 18.1 Å². The van der Waals surface area contributed by atoms with Crippen LogP contribution in [0.3, 0.4) is 0 Å². The van der Waals surface area contributed by atoms with E-state index in [2.05, 4.69) is 26.6 Å². The van der Waals surface area contributed by atoms with Crippen molar-refractivity contribution in [2.24, 2.45) is 5.92 Å². The Morgan fingerprint density at radius 3 is 2.87 bits per heavy atom. The van der Waals surface area contributed by atoms with Gasteiger partial charge in [0.2, 0.25) is 0 Å². The molecule has 1 fully saturated rings. The predicted octanol–water partition coefficient (Wildman–Crippen LogP) is 3.87. The first-order chi connectivity index (χ1) is 14.9. The molecule has 0 spiro atoms. The van der Waals surface area contributed by atoms with Crippen molar-refractivity contribution in [1.29, 1.82) is 0 Å². The molecule has 0 unspecified atom stereocenters. The third kappa shape index (κ3) is 3.63. The third-order valence-electron chi connectivity index (χ3n) is 6.24. The molecular formula is C22H24F2N6O. The molecule has 0 radical (unpaired) electrons. The monoisotopic (exact) mass is 426 g/mol. The number of hydrogen-bond donors (Lipinski definition) is 2. The van der Waals surface area contributed by atoms with Crippen LogP contribution in [0.1, 0.15) is 18.2 Å². The number of aryl methyl sites for hydroxylation is 1. The number of nitrogens with zero attached hydrogens (tertiary/aromatic N) is 4. The number of carbonyl (C=O) groups is 1. The van der Waals surface area contributed by atoms with Crippen LogP contribution in [0.25, 0.3) is 22.2 Å². The topological polar surface area (TPSA) is 77.2 Å². The molecule has 2 N–H and O–H groups in total. The summed E-state index contributed by atoms with van der Waals surface area (Å²) in [4.78, 5) is 20.6. The van der Waals surface area contributed by atoms with Crippen molar-refractivity contribution in [2.45, 2.75) is 32.9 Å². The van der Waals surface area contributed by atoms with Crippen LogP contribution in [-0.2, 0) is 6.54 Å². The Morgan fingerprint density at radius 2 is 2.10 bits per heavy atom. The van der Waals surface area contributed by atoms with Gasteiger partial charge in [-0.05, 0) is 42.7 Å². The number of halogens is 2. The van der Waals surface area contributed by atoms with Crippen LogP contribution in [0.4, 0.5) is 19.3 Å². The molecule has 5 rings (SSSR count). The van der Waals surface area contributed by atoms with E-state index in [4.69, 9.17) is 0 Å². The molecule has 1 saturated heterocycles. The number of H-pyrrole nitrogens is 1. The Morgan fingerprint density at radius 1 is 1.26 bits per heavy atom. The molecule has 0 bridgehead atoms. The Balaban J connectivity index is 1.46. The van der Waals surface area contributed by atoms with Gasteiger partial charge in [-0.15, -0.1) is 0 Å². The fraction of sp³-hybridized carbons (Fsp3) is 0.409. The Labute approximate surface area is 178 Å². The summed E-state index contributed by atoms with van der Waals surface area (Å²) in [5, 5.41) is 11.5. The summed E-state index contributed by atoms with van der Waals surface area (Å²) in [6.07, 6.45) is -0.607. The summed E-state index contributed by atoms with van der Waals surface area (Å²) < 4.78 is 25.7. The lowest BCUT2D eigenvalue weighted by molar-refractivity contribution is 0.0953. The minimum atomic E-state index is -2.37. The molecular weight excluding hydrogens is 402 g/mol. The van der Waals surface area contributed by atoms with Crippen LogP contribution in [0.15, 0.2) is 30.5 Å². The first kappa shape index (κ1) is 19.9. The molecule has 162 valence electrons. The highest BCUT2D eigenvalue weighted by atomic mass is 19.3. The van der Waals surface area contributed by atoms with Crippen LogP contribution >= 0.6 is 0 Å². The van der Waals surface area contributed by atoms with Gasteiger partial charge in [0, 0.05) is 48.2 Å². The first-order valence-corrected chi connectivity index (χ1v) is 10.4. The highest BCUT2D eigenvalue weighted by Crippen LogP contribution is 2.35. The number of nitrogens with one attached hydrogen (secondary N) is 2. The SMILES string of the molecule is Cc1cc(-c2n[nH]c3cc4c(cc23)CN([C@@H]2CN(CC(F)F)C[C@H]2C)C(=O)N4)ccn1. The number of rotatable bonds is 4. The number of carbonyl (C=O) groups excluding carboxylic acids is 1. The van der Waals surface area contributed by atoms with E-state index >= 15 is 0 Å². The molecule has 2 aliphatic heterocycles. The zero-order chi connectivity index (χ0) is 21.7. The highest BCUT2D eigenvalue weighted by molar-refractivity contribution is 6.00. The van der Waals surface area contributed by atoms with E-state index in [0.717, 1.165) is 39.1 Å². The maximum Gasteiger partial charge on any atom is 0.322 e. The van der Waals surface area contributed by atoms with E-state index < -0.39 is 6.43 Å². The number of pyridine rings is 1. The molecule has 1 aromatic carbocycles. The average molecular weight is 426 g/mol. The second-order valence-corrected chi connectivity index (χ2v) is 8.53. The third-order valence-corrected chi connectivity index (χ3v) is 6.24. The number of aromatic nitrogens is 3. The second kappa shape index (κ2) is 7.56. The smallest absolute Gasteiger partial charge is 0.316 e. The summed E-state index contributed by atoms with van der Waals surface area (Å²) in [6.45, 7) is 5.17. The normalized spacial score (nSPS) is 21.7. The number of amides is 2. The quantitative estimate of drug-likeness (QED) is 0.664. The van der Waals surface area contributed by atoms with Crippen molar-refractivity contribution in [3.05, 3.63) is 41.7 Å². The van der Waals surface area contributed by atoms with Crippen LogP contribution in [0, 0.1) is 12.8 Å². The van der Waals surface area contributed by atoms with Gasteiger partial charge < -0.3 is 10.2 Å². The second-order valence-electron chi connectivity index (χ2n) is 8.53. The Hall–Kier alpha value is -3.07. The zero-order valence-electron chi connectivity index (χ0n) is 17.4. The summed E-state index contributed by atoms with van der Waals surface area (Å²) in [5.41, 5.74) is 5.31. The maximum atomic E-state index is 12.8. The number of aromatic amines is 1. The van der Waals surface area contributed by atoms with Crippen molar-refractivity contribution in [3.63, 3.8) is 0 Å². The van der Waals surface area contributed by atoms with Crippen molar-refractivity contribution in [1.82, 2.24) is 25.0 Å². The van der Waals surface area contributed by atoms with E-state index in [-0.39, 0.29) is 24.5 Å². The lowest BCUT2D eigenvalue weighted by Gasteiger charge is -2.35.